The molecule has 3 heteroatoms. The first-order valence-corrected chi connectivity index (χ1v) is 7.02. The van der Waals surface area contributed by atoms with Crippen LogP contribution in [-0.4, -0.2) is 28.9 Å². The van der Waals surface area contributed by atoms with E-state index in [9.17, 15) is 4.79 Å². The molecule has 0 bridgehead atoms. The minimum absolute atomic E-state index is 0.124. The number of nitrogens with one attached hydrogen (secondary N) is 1. The summed E-state index contributed by atoms with van der Waals surface area (Å²) in [6.07, 6.45) is 3.00. The number of amides is 1. The third kappa shape index (κ3) is 2.98. The van der Waals surface area contributed by atoms with Crippen molar-refractivity contribution in [3.63, 3.8) is 0 Å². The Labute approximate surface area is 114 Å². The molecule has 19 heavy (non-hydrogen) atoms. The number of H-pyrrole nitrogens is 1. The third-order valence-corrected chi connectivity index (χ3v) is 3.70. The Kier molecular flexibility index (Phi) is 4.25. The maximum Gasteiger partial charge on any atom is 0.253 e. The van der Waals surface area contributed by atoms with Crippen molar-refractivity contribution in [1.29, 1.82) is 0 Å². The Morgan fingerprint density at radius 2 is 2.11 bits per heavy atom. The molecule has 1 aromatic heterocycles. The van der Waals surface area contributed by atoms with E-state index in [2.05, 4.69) is 18.8 Å². The number of carbonyl (C=O) groups excluding carboxylic acids is 1. The van der Waals surface area contributed by atoms with Crippen LogP contribution in [0.1, 0.15) is 37.6 Å². The Morgan fingerprint density at radius 1 is 1.32 bits per heavy atom. The van der Waals surface area contributed by atoms with Gasteiger partial charge in [-0.3, -0.25) is 4.79 Å². The van der Waals surface area contributed by atoms with Gasteiger partial charge in [0.1, 0.15) is 0 Å². The summed E-state index contributed by atoms with van der Waals surface area (Å²) in [5.74, 6) is 0.664. The molecule has 1 amide bonds. The molecule has 0 aliphatic heterocycles. The van der Waals surface area contributed by atoms with Gasteiger partial charge in [-0.1, -0.05) is 26.3 Å². The zero-order valence-electron chi connectivity index (χ0n) is 11.9. The second-order valence-electron chi connectivity index (χ2n) is 5.14. The lowest BCUT2D eigenvalue weighted by molar-refractivity contribution is 0.0741. The summed E-state index contributed by atoms with van der Waals surface area (Å²) in [5, 5.41) is 1.14. The molecule has 1 aromatic carbocycles. The van der Waals surface area contributed by atoms with Crippen LogP contribution in [0.15, 0.2) is 30.5 Å². The van der Waals surface area contributed by atoms with Crippen LogP contribution in [0.2, 0.25) is 0 Å². The van der Waals surface area contributed by atoms with Gasteiger partial charge >= 0.3 is 0 Å². The molecule has 0 aliphatic rings. The Morgan fingerprint density at radius 3 is 2.79 bits per heavy atom. The fraction of sp³-hybridized carbons (Fsp3) is 0.438. The number of hydrogen-bond acceptors (Lipinski definition) is 1. The number of aromatic amines is 1. The lowest BCUT2D eigenvalue weighted by Crippen LogP contribution is -2.34. The summed E-state index contributed by atoms with van der Waals surface area (Å²) < 4.78 is 0. The highest BCUT2D eigenvalue weighted by atomic mass is 16.2. The topological polar surface area (TPSA) is 36.1 Å². The molecule has 0 saturated heterocycles. The predicted octanol–water partition coefficient (Wildman–Crippen LogP) is 3.68. The lowest BCUT2D eigenvalue weighted by atomic mass is 10.1. The molecule has 1 atom stereocenters. The number of benzene rings is 1. The summed E-state index contributed by atoms with van der Waals surface area (Å²) in [6.45, 7) is 7.96. The first-order valence-electron chi connectivity index (χ1n) is 7.02. The van der Waals surface area contributed by atoms with Crippen molar-refractivity contribution in [2.24, 2.45) is 5.92 Å². The monoisotopic (exact) mass is 258 g/mol. The summed E-state index contributed by atoms with van der Waals surface area (Å²) >= 11 is 0. The highest BCUT2D eigenvalue weighted by Crippen LogP contribution is 2.16. The Hall–Kier alpha value is -1.77. The fourth-order valence-corrected chi connectivity index (χ4v) is 2.22. The van der Waals surface area contributed by atoms with Gasteiger partial charge in [-0.05, 0) is 36.4 Å². The van der Waals surface area contributed by atoms with Gasteiger partial charge < -0.3 is 9.88 Å². The van der Waals surface area contributed by atoms with E-state index in [1.807, 2.05) is 42.3 Å². The van der Waals surface area contributed by atoms with Gasteiger partial charge in [0.05, 0.1) is 0 Å². The van der Waals surface area contributed by atoms with E-state index in [0.29, 0.717) is 5.92 Å². The number of hydrogen-bond donors (Lipinski definition) is 1. The number of rotatable bonds is 5. The first kappa shape index (κ1) is 13.7. The second kappa shape index (κ2) is 5.91. The van der Waals surface area contributed by atoms with E-state index in [4.69, 9.17) is 0 Å². The largest absolute Gasteiger partial charge is 0.361 e. The summed E-state index contributed by atoms with van der Waals surface area (Å²) in [6, 6.07) is 7.87. The predicted molar refractivity (Wildman–Crippen MR) is 79.3 cm³/mol. The fourth-order valence-electron chi connectivity index (χ4n) is 2.22. The molecule has 1 N–H and O–H groups in total. The zero-order chi connectivity index (χ0) is 13.8. The minimum Gasteiger partial charge on any atom is -0.361 e. The highest BCUT2D eigenvalue weighted by molar-refractivity contribution is 5.97. The summed E-state index contributed by atoms with van der Waals surface area (Å²) in [7, 11) is 0. The quantitative estimate of drug-likeness (QED) is 0.872. The molecule has 1 unspecified atom stereocenters. The van der Waals surface area contributed by atoms with Crippen molar-refractivity contribution in [3.05, 3.63) is 36.0 Å². The van der Waals surface area contributed by atoms with Crippen LogP contribution in [0.3, 0.4) is 0 Å². The SMILES string of the molecule is CCC(C)CN(CC)C(=O)c1ccc2cc[nH]c2c1. The number of fused-ring (bicyclic) bond motifs is 1. The van der Waals surface area contributed by atoms with E-state index in [1.54, 1.807) is 0 Å². The van der Waals surface area contributed by atoms with Crippen LogP contribution in [0.4, 0.5) is 0 Å². The first-order chi connectivity index (χ1) is 9.15. The summed E-state index contributed by atoms with van der Waals surface area (Å²) in [5.41, 5.74) is 1.78. The molecule has 2 rings (SSSR count). The van der Waals surface area contributed by atoms with Crippen molar-refractivity contribution in [1.82, 2.24) is 9.88 Å². The lowest BCUT2D eigenvalue weighted by Gasteiger charge is -2.24. The zero-order valence-corrected chi connectivity index (χ0v) is 11.9. The normalized spacial score (nSPS) is 12.6. The number of aromatic nitrogens is 1. The van der Waals surface area contributed by atoms with Gasteiger partial charge in [-0.2, -0.15) is 0 Å². The van der Waals surface area contributed by atoms with Gasteiger partial charge in [-0.25, -0.2) is 0 Å². The van der Waals surface area contributed by atoms with Gasteiger partial charge in [0.25, 0.3) is 5.91 Å². The molecule has 1 heterocycles. The average Bonchev–Trinajstić information content (AvgIpc) is 2.90. The third-order valence-electron chi connectivity index (χ3n) is 3.70. The van der Waals surface area contributed by atoms with Gasteiger partial charge in [0.2, 0.25) is 0 Å². The second-order valence-corrected chi connectivity index (χ2v) is 5.14. The van der Waals surface area contributed by atoms with E-state index in [0.717, 1.165) is 36.0 Å². The Bertz CT molecular complexity index is 559. The molecule has 0 radical (unpaired) electrons. The van der Waals surface area contributed by atoms with Crippen LogP contribution in [0.5, 0.6) is 0 Å². The van der Waals surface area contributed by atoms with E-state index in [-0.39, 0.29) is 5.91 Å². The van der Waals surface area contributed by atoms with Crippen LogP contribution in [0, 0.1) is 5.92 Å². The molecule has 0 fully saturated rings. The maximum atomic E-state index is 12.5. The Balaban J connectivity index is 2.20. The molecule has 0 aliphatic carbocycles. The van der Waals surface area contributed by atoms with Gasteiger partial charge in [0, 0.05) is 30.4 Å². The van der Waals surface area contributed by atoms with E-state index < -0.39 is 0 Å². The molecule has 2 aromatic rings. The van der Waals surface area contributed by atoms with E-state index in [1.165, 1.54) is 0 Å². The van der Waals surface area contributed by atoms with Crippen LogP contribution in [-0.2, 0) is 0 Å². The molecular weight excluding hydrogens is 236 g/mol. The van der Waals surface area contributed by atoms with Crippen molar-refractivity contribution in [2.45, 2.75) is 27.2 Å². The average molecular weight is 258 g/mol. The maximum absolute atomic E-state index is 12.5. The smallest absolute Gasteiger partial charge is 0.253 e. The standard InChI is InChI=1S/C16H22N2O/c1-4-12(3)11-18(5-2)16(19)14-7-6-13-8-9-17-15(13)10-14/h6-10,12,17H,4-5,11H2,1-3H3. The number of carbonyl (C=O) groups is 1. The molecule has 3 nitrogen and oxygen atoms in total. The minimum atomic E-state index is 0.124. The van der Waals surface area contributed by atoms with Crippen molar-refractivity contribution < 1.29 is 4.79 Å². The van der Waals surface area contributed by atoms with Crippen molar-refractivity contribution in [3.8, 4) is 0 Å². The van der Waals surface area contributed by atoms with Crippen LogP contribution in [0.25, 0.3) is 10.9 Å². The molecule has 0 spiro atoms. The molecule has 102 valence electrons. The van der Waals surface area contributed by atoms with Gasteiger partial charge in [-0.15, -0.1) is 0 Å². The summed E-state index contributed by atoms with van der Waals surface area (Å²) in [4.78, 5) is 17.6. The van der Waals surface area contributed by atoms with Crippen LogP contribution < -0.4 is 0 Å². The van der Waals surface area contributed by atoms with Crippen molar-refractivity contribution in [2.75, 3.05) is 13.1 Å². The van der Waals surface area contributed by atoms with E-state index >= 15 is 0 Å². The van der Waals surface area contributed by atoms with Crippen molar-refractivity contribution >= 4 is 16.8 Å². The molecular formula is C16H22N2O. The molecule has 0 saturated carbocycles. The number of nitrogens with zero attached hydrogens (tertiary/aromatic N) is 1. The highest BCUT2D eigenvalue weighted by Gasteiger charge is 2.16. The van der Waals surface area contributed by atoms with Crippen LogP contribution >= 0.6 is 0 Å². The van der Waals surface area contributed by atoms with Gasteiger partial charge in [0.15, 0.2) is 0 Å².